The van der Waals surface area contributed by atoms with Crippen LogP contribution in [0.5, 0.6) is 5.75 Å². The fourth-order valence-electron chi connectivity index (χ4n) is 3.73. The summed E-state index contributed by atoms with van der Waals surface area (Å²) in [4.78, 5) is 12.6. The Morgan fingerprint density at radius 2 is 1.79 bits per heavy atom. The summed E-state index contributed by atoms with van der Waals surface area (Å²) in [7, 11) is -1.95. The number of methoxy groups -OCH3 is 1. The highest BCUT2D eigenvalue weighted by Crippen LogP contribution is 2.33. The van der Waals surface area contributed by atoms with Gasteiger partial charge in [0, 0.05) is 18.0 Å². The summed E-state index contributed by atoms with van der Waals surface area (Å²) in [6, 6.07) is 8.52. The first-order valence-corrected chi connectivity index (χ1v) is 13.4. The first-order valence-electron chi connectivity index (χ1n) is 10.8. The maximum Gasteiger partial charge on any atom is 0.232 e. The van der Waals surface area contributed by atoms with E-state index in [0.717, 1.165) is 28.7 Å². The molecular weight excluding hydrogens is 483 g/mol. The van der Waals surface area contributed by atoms with Gasteiger partial charge in [-0.3, -0.25) is 9.10 Å². The monoisotopic (exact) mass is 514 g/mol. The quantitative estimate of drug-likeness (QED) is 0.430. The van der Waals surface area contributed by atoms with Crippen LogP contribution in [0.1, 0.15) is 62.3 Å². The molecule has 1 N–H and O–H groups in total. The maximum atomic E-state index is 12.6. The highest BCUT2D eigenvalue weighted by atomic mass is 35.5. The summed E-state index contributed by atoms with van der Waals surface area (Å²) in [5, 5.41) is 3.68. The third-order valence-corrected chi connectivity index (χ3v) is 7.16. The number of aryl methyl sites for hydroxylation is 1. The van der Waals surface area contributed by atoms with Crippen molar-refractivity contribution in [1.29, 1.82) is 0 Å². The van der Waals surface area contributed by atoms with Gasteiger partial charge in [0.05, 0.1) is 30.1 Å². The SMILES string of the molecule is COc1cc(C)c([C@H](C)NC(=O)CCCN(c2cc(Cl)ccc2Cl)S(C)(=O)=O)cc1C(C)C. The number of rotatable bonds is 10. The van der Waals surface area contributed by atoms with Crippen LogP contribution in [0.4, 0.5) is 5.69 Å². The van der Waals surface area contributed by atoms with Crippen molar-refractivity contribution in [3.8, 4) is 5.75 Å². The molecule has 0 aliphatic heterocycles. The molecule has 0 spiro atoms. The molecule has 6 nitrogen and oxygen atoms in total. The fourth-order valence-corrected chi connectivity index (χ4v) is 5.13. The van der Waals surface area contributed by atoms with Gasteiger partial charge in [0.15, 0.2) is 0 Å². The molecule has 0 aliphatic carbocycles. The summed E-state index contributed by atoms with van der Waals surface area (Å²) in [5.41, 5.74) is 3.44. The van der Waals surface area contributed by atoms with Crippen LogP contribution in [-0.2, 0) is 14.8 Å². The zero-order chi connectivity index (χ0) is 24.9. The molecule has 2 aromatic rings. The maximum absolute atomic E-state index is 12.6. The summed E-state index contributed by atoms with van der Waals surface area (Å²) < 4.78 is 31.3. The van der Waals surface area contributed by atoms with Gasteiger partial charge in [-0.25, -0.2) is 8.42 Å². The second-order valence-electron chi connectivity index (χ2n) is 8.43. The number of hydrogen-bond donors (Lipinski definition) is 1. The minimum absolute atomic E-state index is 0.111. The summed E-state index contributed by atoms with van der Waals surface area (Å²) in [6.07, 6.45) is 1.60. The van der Waals surface area contributed by atoms with Crippen LogP contribution in [-0.4, -0.2) is 34.2 Å². The van der Waals surface area contributed by atoms with Gasteiger partial charge in [-0.15, -0.1) is 0 Å². The van der Waals surface area contributed by atoms with Gasteiger partial charge in [0.2, 0.25) is 15.9 Å². The Morgan fingerprint density at radius 3 is 2.36 bits per heavy atom. The molecule has 9 heteroatoms. The zero-order valence-electron chi connectivity index (χ0n) is 19.9. The van der Waals surface area contributed by atoms with Gasteiger partial charge in [-0.1, -0.05) is 37.0 Å². The lowest BCUT2D eigenvalue weighted by atomic mass is 9.93. The normalized spacial score (nSPS) is 12.5. The van der Waals surface area contributed by atoms with Crippen molar-refractivity contribution in [2.24, 2.45) is 0 Å². The van der Waals surface area contributed by atoms with E-state index in [1.165, 1.54) is 10.4 Å². The molecule has 0 aromatic heterocycles. The fraction of sp³-hybridized carbons (Fsp3) is 0.458. The molecule has 0 heterocycles. The number of halogens is 2. The Labute approximate surface area is 207 Å². The van der Waals surface area contributed by atoms with Crippen LogP contribution in [0.3, 0.4) is 0 Å². The Morgan fingerprint density at radius 1 is 1.12 bits per heavy atom. The predicted octanol–water partition coefficient (Wildman–Crippen LogP) is 5.86. The number of anilines is 1. The van der Waals surface area contributed by atoms with Gasteiger partial charge in [-0.05, 0) is 73.2 Å². The van der Waals surface area contributed by atoms with E-state index < -0.39 is 10.0 Å². The lowest BCUT2D eigenvalue weighted by Crippen LogP contribution is -2.33. The minimum atomic E-state index is -3.60. The van der Waals surface area contributed by atoms with E-state index in [1.54, 1.807) is 19.2 Å². The Bertz CT molecular complexity index is 1100. The van der Waals surface area contributed by atoms with Crippen LogP contribution >= 0.6 is 23.2 Å². The first-order chi connectivity index (χ1) is 15.3. The van der Waals surface area contributed by atoms with E-state index in [0.29, 0.717) is 17.1 Å². The molecule has 33 heavy (non-hydrogen) atoms. The predicted molar refractivity (Wildman–Crippen MR) is 136 cm³/mol. The Hall–Kier alpha value is -1.96. The number of carbonyl (C=O) groups is 1. The zero-order valence-corrected chi connectivity index (χ0v) is 22.2. The van der Waals surface area contributed by atoms with Crippen LogP contribution in [0.25, 0.3) is 0 Å². The summed E-state index contributed by atoms with van der Waals surface area (Å²) in [5.74, 6) is 0.960. The van der Waals surface area contributed by atoms with Crippen molar-refractivity contribution in [3.63, 3.8) is 0 Å². The van der Waals surface area contributed by atoms with E-state index in [4.69, 9.17) is 27.9 Å². The number of ether oxygens (including phenoxy) is 1. The lowest BCUT2D eigenvalue weighted by Gasteiger charge is -2.24. The average molecular weight is 516 g/mol. The molecule has 0 radical (unpaired) electrons. The van der Waals surface area contributed by atoms with E-state index in [2.05, 4.69) is 25.2 Å². The van der Waals surface area contributed by atoms with Crippen molar-refractivity contribution in [1.82, 2.24) is 5.32 Å². The van der Waals surface area contributed by atoms with Crippen LogP contribution < -0.4 is 14.4 Å². The Balaban J connectivity index is 2.07. The standard InChI is InChI=1S/C24H32Cl2N2O4S/c1-15(2)19-14-20(16(3)12-23(19)32-5)17(4)27-24(29)8-7-11-28(33(6,30)31)22-13-18(25)9-10-21(22)26/h9-10,12-15,17H,7-8,11H2,1-6H3,(H,27,29)/t17-/m0/s1. The number of hydrogen-bond acceptors (Lipinski definition) is 4. The van der Waals surface area contributed by atoms with Crippen molar-refractivity contribution in [2.45, 2.75) is 52.5 Å². The van der Waals surface area contributed by atoms with Gasteiger partial charge < -0.3 is 10.1 Å². The molecule has 182 valence electrons. The average Bonchev–Trinajstić information content (AvgIpc) is 2.71. The van der Waals surface area contributed by atoms with Crippen molar-refractivity contribution >= 4 is 44.8 Å². The van der Waals surface area contributed by atoms with Crippen molar-refractivity contribution < 1.29 is 17.9 Å². The number of nitrogens with zero attached hydrogens (tertiary/aromatic N) is 1. The van der Waals surface area contributed by atoms with E-state index >= 15 is 0 Å². The molecule has 0 saturated carbocycles. The van der Waals surface area contributed by atoms with Crippen LogP contribution in [0.2, 0.25) is 10.0 Å². The third kappa shape index (κ3) is 7.26. The van der Waals surface area contributed by atoms with Gasteiger partial charge in [0.25, 0.3) is 0 Å². The number of nitrogens with one attached hydrogen (secondary N) is 1. The third-order valence-electron chi connectivity index (χ3n) is 5.43. The lowest BCUT2D eigenvalue weighted by molar-refractivity contribution is -0.121. The van der Waals surface area contributed by atoms with Crippen LogP contribution in [0.15, 0.2) is 30.3 Å². The highest BCUT2D eigenvalue weighted by molar-refractivity contribution is 7.92. The van der Waals surface area contributed by atoms with E-state index in [-0.39, 0.29) is 35.9 Å². The topological polar surface area (TPSA) is 75.7 Å². The van der Waals surface area contributed by atoms with E-state index in [9.17, 15) is 13.2 Å². The second-order valence-corrected chi connectivity index (χ2v) is 11.2. The van der Waals surface area contributed by atoms with Crippen molar-refractivity contribution in [3.05, 3.63) is 57.1 Å². The molecule has 2 rings (SSSR count). The molecule has 0 unspecified atom stereocenters. The molecule has 0 bridgehead atoms. The highest BCUT2D eigenvalue weighted by Gasteiger charge is 2.21. The molecule has 1 atom stereocenters. The molecule has 2 aromatic carbocycles. The van der Waals surface area contributed by atoms with E-state index in [1.807, 2.05) is 19.9 Å². The first kappa shape index (κ1) is 27.3. The second kappa shape index (κ2) is 11.4. The molecule has 0 saturated heterocycles. The number of carbonyl (C=O) groups excluding carboxylic acids is 1. The number of amides is 1. The summed E-state index contributed by atoms with van der Waals surface area (Å²) >= 11 is 12.2. The van der Waals surface area contributed by atoms with Crippen LogP contribution in [0, 0.1) is 6.92 Å². The smallest absolute Gasteiger partial charge is 0.232 e. The van der Waals surface area contributed by atoms with Gasteiger partial charge >= 0.3 is 0 Å². The molecule has 0 aliphatic rings. The Kier molecular flexibility index (Phi) is 9.47. The molecule has 0 fully saturated rings. The van der Waals surface area contributed by atoms with Gasteiger partial charge in [-0.2, -0.15) is 0 Å². The number of benzene rings is 2. The molecule has 1 amide bonds. The molecular formula is C24H32Cl2N2O4S. The largest absolute Gasteiger partial charge is 0.496 e. The minimum Gasteiger partial charge on any atom is -0.496 e. The summed E-state index contributed by atoms with van der Waals surface area (Å²) in [6.45, 7) is 8.23. The number of sulfonamides is 1. The van der Waals surface area contributed by atoms with Gasteiger partial charge in [0.1, 0.15) is 5.75 Å². The van der Waals surface area contributed by atoms with Crippen molar-refractivity contribution in [2.75, 3.05) is 24.2 Å².